The summed E-state index contributed by atoms with van der Waals surface area (Å²) in [5.74, 6) is 0.293. The molecule has 1 saturated heterocycles. The lowest BCUT2D eigenvalue weighted by Gasteiger charge is -2.36. The Kier molecular flexibility index (Phi) is 4.08. The van der Waals surface area contributed by atoms with Gasteiger partial charge in [-0.05, 0) is 25.0 Å². The Hall–Kier alpha value is -1.65. The number of carbonyl (C=O) groups is 1. The van der Waals surface area contributed by atoms with Gasteiger partial charge in [0.1, 0.15) is 0 Å². The molecule has 5 heteroatoms. The van der Waals surface area contributed by atoms with Crippen molar-refractivity contribution in [1.82, 2.24) is 10.3 Å². The quantitative estimate of drug-likeness (QED) is 0.887. The minimum absolute atomic E-state index is 0.101. The highest BCUT2D eigenvalue weighted by atomic mass is 35.5. The zero-order valence-corrected chi connectivity index (χ0v) is 12.4. The Balaban J connectivity index is 1.90. The smallest absolute Gasteiger partial charge is 0.252 e. The highest BCUT2D eigenvalue weighted by Crippen LogP contribution is 2.24. The SMILES string of the molecule is O=C(NC1(CCl)CCOCC1)c1ccnc2ccccc12. The molecule has 21 heavy (non-hydrogen) atoms. The number of pyridine rings is 1. The van der Waals surface area contributed by atoms with Crippen molar-refractivity contribution in [2.75, 3.05) is 19.1 Å². The predicted molar refractivity (Wildman–Crippen MR) is 82.7 cm³/mol. The highest BCUT2D eigenvalue weighted by Gasteiger charge is 2.33. The Bertz CT molecular complexity index is 648. The van der Waals surface area contributed by atoms with Crippen molar-refractivity contribution in [3.8, 4) is 0 Å². The highest BCUT2D eigenvalue weighted by molar-refractivity contribution is 6.19. The van der Waals surface area contributed by atoms with E-state index in [4.69, 9.17) is 16.3 Å². The molecule has 0 unspecified atom stereocenters. The molecule has 2 heterocycles. The van der Waals surface area contributed by atoms with Crippen molar-refractivity contribution < 1.29 is 9.53 Å². The largest absolute Gasteiger partial charge is 0.381 e. The maximum atomic E-state index is 12.7. The van der Waals surface area contributed by atoms with E-state index in [0.717, 1.165) is 23.7 Å². The minimum Gasteiger partial charge on any atom is -0.381 e. The van der Waals surface area contributed by atoms with Crippen molar-refractivity contribution in [2.45, 2.75) is 18.4 Å². The summed E-state index contributed by atoms with van der Waals surface area (Å²) in [6, 6.07) is 9.38. The number of benzene rings is 1. The van der Waals surface area contributed by atoms with Crippen molar-refractivity contribution >= 4 is 28.4 Å². The fourth-order valence-corrected chi connectivity index (χ4v) is 2.99. The van der Waals surface area contributed by atoms with E-state index in [-0.39, 0.29) is 11.4 Å². The number of hydrogen-bond acceptors (Lipinski definition) is 3. The Labute approximate surface area is 128 Å². The van der Waals surface area contributed by atoms with Crippen LogP contribution in [0.5, 0.6) is 0 Å². The maximum absolute atomic E-state index is 12.7. The summed E-state index contributed by atoms with van der Waals surface area (Å²) >= 11 is 6.10. The molecule has 1 aromatic carbocycles. The average Bonchev–Trinajstić information content (AvgIpc) is 2.55. The molecular formula is C16H17ClN2O2. The first-order chi connectivity index (χ1) is 10.2. The maximum Gasteiger partial charge on any atom is 0.252 e. The van der Waals surface area contributed by atoms with Crippen LogP contribution in [0.1, 0.15) is 23.2 Å². The van der Waals surface area contributed by atoms with E-state index >= 15 is 0 Å². The van der Waals surface area contributed by atoms with E-state index in [1.807, 2.05) is 24.3 Å². The number of carbonyl (C=O) groups excluding carboxylic acids is 1. The number of rotatable bonds is 3. The van der Waals surface area contributed by atoms with Gasteiger partial charge in [0.15, 0.2) is 0 Å². The molecular weight excluding hydrogens is 288 g/mol. The van der Waals surface area contributed by atoms with E-state index in [0.29, 0.717) is 24.7 Å². The molecule has 1 aliphatic heterocycles. The van der Waals surface area contributed by atoms with Crippen molar-refractivity contribution in [3.05, 3.63) is 42.1 Å². The van der Waals surface area contributed by atoms with E-state index in [1.54, 1.807) is 12.3 Å². The number of aromatic nitrogens is 1. The Morgan fingerprint density at radius 3 is 2.81 bits per heavy atom. The van der Waals surface area contributed by atoms with Crippen LogP contribution >= 0.6 is 11.6 Å². The second-order valence-electron chi connectivity index (χ2n) is 5.36. The van der Waals surface area contributed by atoms with Crippen LogP contribution in [0.3, 0.4) is 0 Å². The van der Waals surface area contributed by atoms with Gasteiger partial charge in [0.2, 0.25) is 0 Å². The van der Waals surface area contributed by atoms with Crippen molar-refractivity contribution in [3.63, 3.8) is 0 Å². The number of halogens is 1. The number of amides is 1. The van der Waals surface area contributed by atoms with Gasteiger partial charge in [-0.3, -0.25) is 9.78 Å². The van der Waals surface area contributed by atoms with Gasteiger partial charge in [-0.2, -0.15) is 0 Å². The summed E-state index contributed by atoms with van der Waals surface area (Å²) in [5.41, 5.74) is 1.08. The summed E-state index contributed by atoms with van der Waals surface area (Å²) in [5, 5.41) is 3.97. The first-order valence-corrected chi connectivity index (χ1v) is 7.58. The lowest BCUT2D eigenvalue weighted by atomic mass is 9.91. The molecule has 3 rings (SSSR count). The Morgan fingerprint density at radius 1 is 1.29 bits per heavy atom. The van der Waals surface area contributed by atoms with Crippen LogP contribution in [-0.4, -0.2) is 35.5 Å². The number of fused-ring (bicyclic) bond motifs is 1. The standard InChI is InChI=1S/C16H17ClN2O2/c17-11-16(6-9-21-10-7-16)19-15(20)13-5-8-18-14-4-2-1-3-12(13)14/h1-5,8H,6-7,9-11H2,(H,19,20). The van der Waals surface area contributed by atoms with E-state index in [1.165, 1.54) is 0 Å². The first-order valence-electron chi connectivity index (χ1n) is 7.04. The third-order valence-corrected chi connectivity index (χ3v) is 4.49. The van der Waals surface area contributed by atoms with Gasteiger partial charge >= 0.3 is 0 Å². The fourth-order valence-electron chi connectivity index (χ4n) is 2.66. The summed E-state index contributed by atoms with van der Waals surface area (Å²) in [7, 11) is 0. The van der Waals surface area contributed by atoms with Gasteiger partial charge in [-0.15, -0.1) is 11.6 Å². The van der Waals surface area contributed by atoms with Crippen LogP contribution in [0.15, 0.2) is 36.5 Å². The average molecular weight is 305 g/mol. The van der Waals surface area contributed by atoms with Gasteiger partial charge in [0.05, 0.1) is 16.6 Å². The van der Waals surface area contributed by atoms with Gasteiger partial charge in [-0.1, -0.05) is 18.2 Å². The molecule has 0 bridgehead atoms. The zero-order chi connectivity index (χ0) is 14.7. The number of para-hydroxylation sites is 1. The molecule has 0 aliphatic carbocycles. The second kappa shape index (κ2) is 6.00. The monoisotopic (exact) mass is 304 g/mol. The van der Waals surface area contributed by atoms with Gasteiger partial charge < -0.3 is 10.1 Å². The molecule has 0 spiro atoms. The molecule has 1 aromatic heterocycles. The molecule has 1 aliphatic rings. The molecule has 1 N–H and O–H groups in total. The summed E-state index contributed by atoms with van der Waals surface area (Å²) in [6.45, 7) is 1.26. The van der Waals surface area contributed by atoms with Crippen LogP contribution in [0.25, 0.3) is 10.9 Å². The van der Waals surface area contributed by atoms with Crippen LogP contribution < -0.4 is 5.32 Å². The molecule has 0 radical (unpaired) electrons. The third kappa shape index (κ3) is 2.87. The number of alkyl halides is 1. The van der Waals surface area contributed by atoms with E-state index < -0.39 is 0 Å². The van der Waals surface area contributed by atoms with Gasteiger partial charge in [0.25, 0.3) is 5.91 Å². The van der Waals surface area contributed by atoms with Crippen LogP contribution in [0.4, 0.5) is 0 Å². The minimum atomic E-state index is -0.374. The lowest BCUT2D eigenvalue weighted by Crippen LogP contribution is -2.53. The molecule has 2 aromatic rings. The van der Waals surface area contributed by atoms with Crippen molar-refractivity contribution in [1.29, 1.82) is 0 Å². The van der Waals surface area contributed by atoms with Crippen molar-refractivity contribution in [2.24, 2.45) is 0 Å². The summed E-state index contributed by atoms with van der Waals surface area (Å²) in [6.07, 6.45) is 3.14. The fraction of sp³-hybridized carbons (Fsp3) is 0.375. The van der Waals surface area contributed by atoms with E-state index in [2.05, 4.69) is 10.3 Å². The van der Waals surface area contributed by atoms with Gasteiger partial charge in [0, 0.05) is 30.7 Å². The van der Waals surface area contributed by atoms with Crippen LogP contribution in [-0.2, 0) is 4.74 Å². The number of nitrogens with zero attached hydrogens (tertiary/aromatic N) is 1. The molecule has 110 valence electrons. The van der Waals surface area contributed by atoms with Gasteiger partial charge in [-0.25, -0.2) is 0 Å². The number of ether oxygens (including phenoxy) is 1. The molecule has 1 fully saturated rings. The predicted octanol–water partition coefficient (Wildman–Crippen LogP) is 2.75. The van der Waals surface area contributed by atoms with E-state index in [9.17, 15) is 4.79 Å². The Morgan fingerprint density at radius 2 is 2.05 bits per heavy atom. The second-order valence-corrected chi connectivity index (χ2v) is 5.62. The molecule has 0 atom stereocenters. The molecule has 4 nitrogen and oxygen atoms in total. The number of hydrogen-bond donors (Lipinski definition) is 1. The number of nitrogens with one attached hydrogen (secondary N) is 1. The third-order valence-electron chi connectivity index (χ3n) is 3.98. The molecule has 0 saturated carbocycles. The topological polar surface area (TPSA) is 51.2 Å². The lowest BCUT2D eigenvalue weighted by molar-refractivity contribution is 0.0434. The summed E-state index contributed by atoms with van der Waals surface area (Å²) in [4.78, 5) is 16.9. The van der Waals surface area contributed by atoms with Crippen LogP contribution in [0, 0.1) is 0 Å². The molecule has 1 amide bonds. The zero-order valence-electron chi connectivity index (χ0n) is 11.6. The summed E-state index contributed by atoms with van der Waals surface area (Å²) < 4.78 is 5.36. The first kappa shape index (κ1) is 14.3. The normalized spacial score (nSPS) is 17.6. The van der Waals surface area contributed by atoms with Crippen LogP contribution in [0.2, 0.25) is 0 Å².